The fraction of sp³-hybridized carbons (Fsp3) is 0.684. The van der Waals surface area contributed by atoms with E-state index >= 15 is 0 Å². The number of ether oxygens (including phenoxy) is 2. The van der Waals surface area contributed by atoms with Gasteiger partial charge in [-0.25, -0.2) is 0 Å². The molecule has 1 aliphatic rings. The van der Waals surface area contributed by atoms with E-state index in [1.807, 2.05) is 6.07 Å². The molecule has 4 nitrogen and oxygen atoms in total. The van der Waals surface area contributed by atoms with Crippen LogP contribution in [0.4, 0.5) is 0 Å². The third-order valence-corrected chi connectivity index (χ3v) is 4.55. The molecule has 1 saturated heterocycles. The normalized spacial score (nSPS) is 19.8. The average Bonchev–Trinajstić information content (AvgIpc) is 2.47. The molecule has 0 radical (unpaired) electrons. The van der Waals surface area contributed by atoms with E-state index in [2.05, 4.69) is 51.7 Å². The van der Waals surface area contributed by atoms with Crippen molar-refractivity contribution in [3.8, 4) is 5.75 Å². The van der Waals surface area contributed by atoms with E-state index in [0.717, 1.165) is 18.9 Å². The standard InChI is InChI=1S/C19H31NO3/c1-14(2)18-7-6-17(10-15(18)3)23-12-16(21)11-20-8-9-22-13-19(20,4)5/h6-7,10,14,16,21H,8-9,11-13H2,1-5H3. The van der Waals surface area contributed by atoms with Gasteiger partial charge in [-0.2, -0.15) is 0 Å². The van der Waals surface area contributed by atoms with Gasteiger partial charge in [0, 0.05) is 18.6 Å². The summed E-state index contributed by atoms with van der Waals surface area (Å²) in [5.41, 5.74) is 2.55. The van der Waals surface area contributed by atoms with Crippen LogP contribution in [0.5, 0.6) is 5.75 Å². The summed E-state index contributed by atoms with van der Waals surface area (Å²) in [4.78, 5) is 2.28. The summed E-state index contributed by atoms with van der Waals surface area (Å²) in [6, 6.07) is 6.17. The number of aryl methyl sites for hydroxylation is 1. The highest BCUT2D eigenvalue weighted by Gasteiger charge is 2.31. The molecular weight excluding hydrogens is 290 g/mol. The van der Waals surface area contributed by atoms with E-state index < -0.39 is 6.10 Å². The summed E-state index contributed by atoms with van der Waals surface area (Å²) in [6.07, 6.45) is -0.502. The maximum Gasteiger partial charge on any atom is 0.119 e. The highest BCUT2D eigenvalue weighted by atomic mass is 16.5. The molecule has 1 unspecified atom stereocenters. The van der Waals surface area contributed by atoms with Gasteiger partial charge >= 0.3 is 0 Å². The van der Waals surface area contributed by atoms with Gasteiger partial charge in [0.25, 0.3) is 0 Å². The molecule has 1 aromatic rings. The second-order valence-corrected chi connectivity index (χ2v) is 7.45. The number of nitrogens with zero attached hydrogens (tertiary/aromatic N) is 1. The molecular formula is C19H31NO3. The smallest absolute Gasteiger partial charge is 0.119 e. The molecule has 1 heterocycles. The minimum atomic E-state index is -0.502. The number of rotatable bonds is 6. The summed E-state index contributed by atoms with van der Waals surface area (Å²) in [5, 5.41) is 10.3. The van der Waals surface area contributed by atoms with Crippen molar-refractivity contribution in [1.82, 2.24) is 4.90 Å². The molecule has 0 amide bonds. The first-order chi connectivity index (χ1) is 10.8. The van der Waals surface area contributed by atoms with Crippen molar-refractivity contribution in [1.29, 1.82) is 0 Å². The molecule has 0 aromatic heterocycles. The predicted octanol–water partition coefficient (Wildman–Crippen LogP) is 2.97. The number of β-amino-alcohol motifs (C(OH)–C–C–N with tert-alkyl or cyclic N) is 1. The van der Waals surface area contributed by atoms with E-state index in [0.29, 0.717) is 25.7 Å². The maximum absolute atomic E-state index is 10.3. The van der Waals surface area contributed by atoms with E-state index in [4.69, 9.17) is 9.47 Å². The Morgan fingerprint density at radius 2 is 2.09 bits per heavy atom. The van der Waals surface area contributed by atoms with Gasteiger partial charge in [0.2, 0.25) is 0 Å². The lowest BCUT2D eigenvalue weighted by Crippen LogP contribution is -2.55. The molecule has 0 spiro atoms. The zero-order chi connectivity index (χ0) is 17.0. The van der Waals surface area contributed by atoms with E-state index in [1.165, 1.54) is 11.1 Å². The molecule has 0 saturated carbocycles. The Morgan fingerprint density at radius 1 is 1.35 bits per heavy atom. The minimum absolute atomic E-state index is 0.0330. The van der Waals surface area contributed by atoms with Crippen LogP contribution in [0.15, 0.2) is 18.2 Å². The topological polar surface area (TPSA) is 41.9 Å². The SMILES string of the molecule is Cc1cc(OCC(O)CN2CCOCC2(C)C)ccc1C(C)C. The van der Waals surface area contributed by atoms with Crippen LogP contribution >= 0.6 is 0 Å². The highest BCUT2D eigenvalue weighted by molar-refractivity contribution is 5.36. The second kappa shape index (κ2) is 7.65. The van der Waals surface area contributed by atoms with Crippen molar-refractivity contribution in [2.75, 3.05) is 32.9 Å². The molecule has 2 rings (SSSR count). The summed E-state index contributed by atoms with van der Waals surface area (Å²) >= 11 is 0. The first-order valence-corrected chi connectivity index (χ1v) is 8.54. The molecule has 1 atom stereocenters. The average molecular weight is 321 g/mol. The zero-order valence-electron chi connectivity index (χ0n) is 15.1. The lowest BCUT2D eigenvalue weighted by atomic mass is 9.98. The predicted molar refractivity (Wildman–Crippen MR) is 93.2 cm³/mol. The molecule has 4 heteroatoms. The highest BCUT2D eigenvalue weighted by Crippen LogP contribution is 2.24. The van der Waals surface area contributed by atoms with Crippen LogP contribution < -0.4 is 4.74 Å². The Hall–Kier alpha value is -1.10. The molecule has 0 bridgehead atoms. The Kier molecular flexibility index (Phi) is 6.06. The fourth-order valence-corrected chi connectivity index (χ4v) is 3.11. The van der Waals surface area contributed by atoms with Gasteiger partial charge in [0.1, 0.15) is 18.5 Å². The molecule has 0 aliphatic carbocycles. The van der Waals surface area contributed by atoms with Crippen LogP contribution in [0.1, 0.15) is 44.7 Å². The monoisotopic (exact) mass is 321 g/mol. The van der Waals surface area contributed by atoms with Gasteiger partial charge in [0.05, 0.1) is 13.2 Å². The van der Waals surface area contributed by atoms with Gasteiger partial charge in [-0.1, -0.05) is 19.9 Å². The first kappa shape index (κ1) is 18.2. The molecule has 1 aromatic carbocycles. The molecule has 130 valence electrons. The lowest BCUT2D eigenvalue weighted by molar-refractivity contribution is -0.0703. The summed E-state index contributed by atoms with van der Waals surface area (Å²) in [6.45, 7) is 14.0. The van der Waals surface area contributed by atoms with Crippen LogP contribution in [0.25, 0.3) is 0 Å². The van der Waals surface area contributed by atoms with Crippen LogP contribution in [-0.2, 0) is 4.74 Å². The van der Waals surface area contributed by atoms with Gasteiger partial charge in [-0.3, -0.25) is 4.90 Å². The largest absolute Gasteiger partial charge is 0.491 e. The molecule has 1 N–H and O–H groups in total. The van der Waals surface area contributed by atoms with Gasteiger partial charge < -0.3 is 14.6 Å². The summed E-state index contributed by atoms with van der Waals surface area (Å²) in [7, 11) is 0. The van der Waals surface area contributed by atoms with Crippen molar-refractivity contribution < 1.29 is 14.6 Å². The molecule has 23 heavy (non-hydrogen) atoms. The summed E-state index contributed by atoms with van der Waals surface area (Å²) in [5.74, 6) is 1.34. The van der Waals surface area contributed by atoms with Crippen molar-refractivity contribution in [3.63, 3.8) is 0 Å². The number of morpholine rings is 1. The Labute approximate surface area is 140 Å². The first-order valence-electron chi connectivity index (χ1n) is 8.54. The van der Waals surface area contributed by atoms with Crippen LogP contribution in [-0.4, -0.2) is 54.6 Å². The van der Waals surface area contributed by atoms with Crippen LogP contribution in [0.3, 0.4) is 0 Å². The Balaban J connectivity index is 1.87. The van der Waals surface area contributed by atoms with Crippen molar-refractivity contribution >= 4 is 0 Å². The minimum Gasteiger partial charge on any atom is -0.491 e. The Morgan fingerprint density at radius 3 is 2.70 bits per heavy atom. The number of aliphatic hydroxyl groups is 1. The van der Waals surface area contributed by atoms with Crippen molar-refractivity contribution in [2.45, 2.75) is 52.2 Å². The number of aliphatic hydroxyl groups excluding tert-OH is 1. The van der Waals surface area contributed by atoms with Gasteiger partial charge in [-0.05, 0) is 49.9 Å². The van der Waals surface area contributed by atoms with E-state index in [9.17, 15) is 5.11 Å². The second-order valence-electron chi connectivity index (χ2n) is 7.45. The lowest BCUT2D eigenvalue weighted by Gasteiger charge is -2.42. The van der Waals surface area contributed by atoms with Crippen molar-refractivity contribution in [3.05, 3.63) is 29.3 Å². The third kappa shape index (κ3) is 4.93. The van der Waals surface area contributed by atoms with Gasteiger partial charge in [0.15, 0.2) is 0 Å². The van der Waals surface area contributed by atoms with E-state index in [-0.39, 0.29) is 5.54 Å². The van der Waals surface area contributed by atoms with E-state index in [1.54, 1.807) is 0 Å². The van der Waals surface area contributed by atoms with Crippen molar-refractivity contribution in [2.24, 2.45) is 0 Å². The fourth-order valence-electron chi connectivity index (χ4n) is 3.11. The number of hydrogen-bond acceptors (Lipinski definition) is 4. The summed E-state index contributed by atoms with van der Waals surface area (Å²) < 4.78 is 11.3. The quantitative estimate of drug-likeness (QED) is 0.875. The number of hydrogen-bond donors (Lipinski definition) is 1. The maximum atomic E-state index is 10.3. The van der Waals surface area contributed by atoms with Crippen LogP contribution in [0.2, 0.25) is 0 Å². The molecule has 1 aliphatic heterocycles. The third-order valence-electron chi connectivity index (χ3n) is 4.55. The molecule has 1 fully saturated rings. The van der Waals surface area contributed by atoms with Gasteiger partial charge in [-0.15, -0.1) is 0 Å². The number of benzene rings is 1. The Bertz CT molecular complexity index is 513. The van der Waals surface area contributed by atoms with Crippen LogP contribution in [0, 0.1) is 6.92 Å². The zero-order valence-corrected chi connectivity index (χ0v) is 15.1.